The number of piperazine rings is 2. The molecule has 0 radical (unpaired) electrons. The molecular weight excluding hydrogens is 399 g/mol. The number of hydrogen-bond donors (Lipinski definition) is 1. The second kappa shape index (κ2) is 8.54. The van der Waals surface area contributed by atoms with Crippen LogP contribution in [0.1, 0.15) is 19.0 Å². The number of nitrogens with one attached hydrogen (secondary N) is 1. The van der Waals surface area contributed by atoms with Gasteiger partial charge in [-0.3, -0.25) is 9.69 Å². The molecule has 0 aliphatic carbocycles. The molecule has 1 N–H and O–H groups in total. The third kappa shape index (κ3) is 4.61. The van der Waals surface area contributed by atoms with Gasteiger partial charge >= 0.3 is 6.18 Å². The van der Waals surface area contributed by atoms with Crippen molar-refractivity contribution in [3.8, 4) is 0 Å². The van der Waals surface area contributed by atoms with Crippen LogP contribution in [-0.2, 0) is 11.0 Å². The molecule has 11 heteroatoms. The maximum Gasteiger partial charge on any atom is 0.433 e. The van der Waals surface area contributed by atoms with E-state index in [4.69, 9.17) is 0 Å². The van der Waals surface area contributed by atoms with Crippen molar-refractivity contribution in [1.29, 1.82) is 0 Å². The summed E-state index contributed by atoms with van der Waals surface area (Å²) in [5.74, 6) is 0.565. The molecule has 3 aliphatic rings. The molecule has 30 heavy (non-hydrogen) atoms. The average Bonchev–Trinajstić information content (AvgIpc) is 2.73. The molecular formula is C19H28F3N7O. The molecule has 1 atom stereocenters. The van der Waals surface area contributed by atoms with Gasteiger partial charge in [-0.2, -0.15) is 18.2 Å². The number of carbonyl (C=O) groups excluding carboxylic acids is 1. The topological polar surface area (TPSA) is 67.8 Å². The fraction of sp³-hybridized carbons (Fsp3) is 0.737. The summed E-state index contributed by atoms with van der Waals surface area (Å²) in [6.45, 7) is 8.31. The minimum atomic E-state index is -4.52. The highest BCUT2D eigenvalue weighted by atomic mass is 19.4. The summed E-state index contributed by atoms with van der Waals surface area (Å²) in [7, 11) is 0. The van der Waals surface area contributed by atoms with Crippen molar-refractivity contribution in [3.05, 3.63) is 11.8 Å². The Labute approximate surface area is 174 Å². The first-order valence-corrected chi connectivity index (χ1v) is 10.5. The van der Waals surface area contributed by atoms with E-state index in [-0.39, 0.29) is 17.9 Å². The Kier molecular flexibility index (Phi) is 6.01. The van der Waals surface area contributed by atoms with E-state index < -0.39 is 11.9 Å². The van der Waals surface area contributed by atoms with Crippen LogP contribution in [0.5, 0.6) is 0 Å². The predicted octanol–water partition coefficient (Wildman–Crippen LogP) is 0.648. The number of anilines is 2. The van der Waals surface area contributed by atoms with Crippen LogP contribution >= 0.6 is 0 Å². The first-order valence-electron chi connectivity index (χ1n) is 10.5. The summed E-state index contributed by atoms with van der Waals surface area (Å²) in [6, 6.07) is 1.18. The molecule has 3 aliphatic heterocycles. The number of rotatable bonds is 4. The van der Waals surface area contributed by atoms with Crippen molar-refractivity contribution in [2.45, 2.75) is 25.6 Å². The van der Waals surface area contributed by atoms with E-state index in [1.54, 1.807) is 4.90 Å². The van der Waals surface area contributed by atoms with Crippen LogP contribution in [0.15, 0.2) is 6.07 Å². The zero-order valence-electron chi connectivity index (χ0n) is 17.2. The Morgan fingerprint density at radius 3 is 2.37 bits per heavy atom. The predicted molar refractivity (Wildman–Crippen MR) is 107 cm³/mol. The van der Waals surface area contributed by atoms with E-state index in [1.165, 1.54) is 0 Å². The van der Waals surface area contributed by atoms with Crippen molar-refractivity contribution in [2.75, 3.05) is 75.2 Å². The zero-order chi connectivity index (χ0) is 21.3. The van der Waals surface area contributed by atoms with Gasteiger partial charge in [0.1, 0.15) is 5.82 Å². The van der Waals surface area contributed by atoms with Crippen LogP contribution in [-0.4, -0.2) is 97.2 Å². The largest absolute Gasteiger partial charge is 0.433 e. The highest BCUT2D eigenvalue weighted by Crippen LogP contribution is 2.33. The Morgan fingerprint density at radius 1 is 1.10 bits per heavy atom. The lowest BCUT2D eigenvalue weighted by Gasteiger charge is -2.40. The summed E-state index contributed by atoms with van der Waals surface area (Å²) in [4.78, 5) is 28.3. The minimum absolute atomic E-state index is 0.111. The molecule has 0 aromatic carbocycles. The maximum absolute atomic E-state index is 13.4. The Hall–Kier alpha value is -2.14. The lowest BCUT2D eigenvalue weighted by atomic mass is 10.1. The van der Waals surface area contributed by atoms with E-state index in [0.29, 0.717) is 45.1 Å². The van der Waals surface area contributed by atoms with Crippen LogP contribution in [0.4, 0.5) is 24.9 Å². The molecule has 8 nitrogen and oxygen atoms in total. The molecule has 0 spiro atoms. The molecule has 3 fully saturated rings. The van der Waals surface area contributed by atoms with E-state index in [0.717, 1.165) is 38.7 Å². The molecule has 0 unspecified atom stereocenters. The standard InChI is InChI=1S/C19H28F3N7O/c1-14-2-5-29(14)18-24-15(19(20,21)22)12-16(25-18)27-10-8-26(9-11-27)13-17(30)28-6-3-23-4-7-28/h12,14,23H,2-11,13H2,1H3/t14-/m0/s1. The number of aromatic nitrogens is 2. The second-order valence-corrected chi connectivity index (χ2v) is 8.13. The Balaban J connectivity index is 1.41. The lowest BCUT2D eigenvalue weighted by Crippen LogP contribution is -2.53. The van der Waals surface area contributed by atoms with Gasteiger partial charge in [-0.25, -0.2) is 4.98 Å². The summed E-state index contributed by atoms with van der Waals surface area (Å²) in [6.07, 6.45) is -3.59. The van der Waals surface area contributed by atoms with Gasteiger partial charge in [0, 0.05) is 71.0 Å². The normalized spacial score (nSPS) is 23.5. The van der Waals surface area contributed by atoms with Crippen molar-refractivity contribution >= 4 is 17.7 Å². The number of hydrogen-bond acceptors (Lipinski definition) is 7. The van der Waals surface area contributed by atoms with E-state index in [1.807, 2.05) is 16.7 Å². The smallest absolute Gasteiger partial charge is 0.354 e. The molecule has 166 valence electrons. The summed E-state index contributed by atoms with van der Waals surface area (Å²) < 4.78 is 40.2. The first-order chi connectivity index (χ1) is 14.3. The number of amides is 1. The summed E-state index contributed by atoms with van der Waals surface area (Å²) in [5.41, 5.74) is -0.905. The summed E-state index contributed by atoms with van der Waals surface area (Å²) >= 11 is 0. The highest BCUT2D eigenvalue weighted by Gasteiger charge is 2.36. The molecule has 4 heterocycles. The fourth-order valence-electron chi connectivity index (χ4n) is 4.01. The molecule has 1 aromatic rings. The van der Waals surface area contributed by atoms with Gasteiger partial charge < -0.3 is 20.0 Å². The SMILES string of the molecule is C[C@H]1CCN1c1nc(N2CCN(CC(=O)N3CCNCC3)CC2)cc(C(F)(F)F)n1. The van der Waals surface area contributed by atoms with Crippen LogP contribution in [0.2, 0.25) is 0 Å². The van der Waals surface area contributed by atoms with Gasteiger partial charge in [0.2, 0.25) is 11.9 Å². The summed E-state index contributed by atoms with van der Waals surface area (Å²) in [5, 5.41) is 3.23. The average molecular weight is 427 g/mol. The highest BCUT2D eigenvalue weighted by molar-refractivity contribution is 5.78. The second-order valence-electron chi connectivity index (χ2n) is 8.13. The van der Waals surface area contributed by atoms with Gasteiger partial charge in [0.15, 0.2) is 5.69 Å². The molecule has 0 saturated carbocycles. The van der Waals surface area contributed by atoms with Crippen LogP contribution in [0.3, 0.4) is 0 Å². The number of alkyl halides is 3. The Morgan fingerprint density at radius 2 is 1.80 bits per heavy atom. The van der Waals surface area contributed by atoms with Crippen molar-refractivity contribution in [2.24, 2.45) is 0 Å². The third-order valence-corrected chi connectivity index (χ3v) is 6.09. The minimum Gasteiger partial charge on any atom is -0.354 e. The van der Waals surface area contributed by atoms with E-state index >= 15 is 0 Å². The molecule has 1 amide bonds. The number of nitrogens with zero attached hydrogens (tertiary/aromatic N) is 6. The van der Waals surface area contributed by atoms with Crippen LogP contribution < -0.4 is 15.1 Å². The number of carbonyl (C=O) groups is 1. The van der Waals surface area contributed by atoms with E-state index in [9.17, 15) is 18.0 Å². The molecule has 4 rings (SSSR count). The van der Waals surface area contributed by atoms with Crippen LogP contribution in [0.25, 0.3) is 0 Å². The van der Waals surface area contributed by atoms with Crippen molar-refractivity contribution < 1.29 is 18.0 Å². The van der Waals surface area contributed by atoms with Gasteiger partial charge in [0.25, 0.3) is 0 Å². The zero-order valence-corrected chi connectivity index (χ0v) is 17.2. The van der Waals surface area contributed by atoms with Crippen LogP contribution in [0, 0.1) is 0 Å². The Bertz CT molecular complexity index is 761. The van der Waals surface area contributed by atoms with Gasteiger partial charge in [-0.05, 0) is 13.3 Å². The fourth-order valence-corrected chi connectivity index (χ4v) is 4.01. The van der Waals surface area contributed by atoms with Gasteiger partial charge in [-0.15, -0.1) is 0 Å². The first kappa shape index (κ1) is 21.1. The third-order valence-electron chi connectivity index (χ3n) is 6.09. The molecule has 0 bridgehead atoms. The van der Waals surface area contributed by atoms with Gasteiger partial charge in [0.05, 0.1) is 6.54 Å². The monoisotopic (exact) mass is 427 g/mol. The van der Waals surface area contributed by atoms with Crippen molar-refractivity contribution in [1.82, 2.24) is 25.1 Å². The van der Waals surface area contributed by atoms with Gasteiger partial charge in [-0.1, -0.05) is 0 Å². The number of halogens is 3. The molecule has 3 saturated heterocycles. The lowest BCUT2D eigenvalue weighted by molar-refractivity contribution is -0.141. The maximum atomic E-state index is 13.4. The van der Waals surface area contributed by atoms with Crippen molar-refractivity contribution in [3.63, 3.8) is 0 Å². The molecule has 1 aromatic heterocycles. The van der Waals surface area contributed by atoms with E-state index in [2.05, 4.69) is 20.2 Å². The quantitative estimate of drug-likeness (QED) is 0.757.